The lowest BCUT2D eigenvalue weighted by atomic mass is 9.96. The number of hydrogen-bond donors (Lipinski definition) is 2. The van der Waals surface area contributed by atoms with Crippen LogP contribution in [0.25, 0.3) is 33.6 Å². The quantitative estimate of drug-likeness (QED) is 0.243. The summed E-state index contributed by atoms with van der Waals surface area (Å²) in [5.74, 6) is -0.408. The van der Waals surface area contributed by atoms with Crippen LogP contribution < -0.4 is 20.1 Å². The van der Waals surface area contributed by atoms with Crippen molar-refractivity contribution >= 4 is 11.8 Å². The maximum Gasteiger partial charge on any atom is 0.237 e. The summed E-state index contributed by atoms with van der Waals surface area (Å²) in [4.78, 5) is 41.2. The smallest absolute Gasteiger partial charge is 0.237 e. The second-order valence-corrected chi connectivity index (χ2v) is 13.2. The summed E-state index contributed by atoms with van der Waals surface area (Å²) in [5, 5.41) is 6.54. The molecule has 1 aliphatic carbocycles. The van der Waals surface area contributed by atoms with Crippen LogP contribution in [0.15, 0.2) is 48.7 Å². The number of rotatable bonds is 10. The van der Waals surface area contributed by atoms with Gasteiger partial charge in [0.15, 0.2) is 0 Å². The lowest BCUT2D eigenvalue weighted by Crippen LogP contribution is -2.47. The number of amides is 2. The molecule has 11 nitrogen and oxygen atoms in total. The first-order valence-electron chi connectivity index (χ1n) is 17.3. The Hall–Kier alpha value is -5.01. The molecule has 51 heavy (non-hydrogen) atoms. The van der Waals surface area contributed by atoms with E-state index < -0.39 is 11.6 Å². The van der Waals surface area contributed by atoms with Gasteiger partial charge in [-0.2, -0.15) is 0 Å². The van der Waals surface area contributed by atoms with Gasteiger partial charge in [0.2, 0.25) is 23.6 Å². The third-order valence-electron chi connectivity index (χ3n) is 10.1. The average molecular weight is 698 g/mol. The van der Waals surface area contributed by atoms with Crippen molar-refractivity contribution in [1.29, 1.82) is 0 Å². The van der Waals surface area contributed by atoms with Gasteiger partial charge < -0.3 is 25.0 Å². The highest BCUT2D eigenvalue weighted by molar-refractivity contribution is 5.79. The topological polar surface area (TPSA) is 122 Å². The van der Waals surface area contributed by atoms with Crippen LogP contribution in [-0.4, -0.2) is 89.6 Å². The zero-order chi connectivity index (χ0) is 35.6. The maximum atomic E-state index is 16.4. The monoisotopic (exact) mass is 697 g/mol. The lowest BCUT2D eigenvalue weighted by Gasteiger charge is -2.34. The highest BCUT2D eigenvalue weighted by atomic mass is 19.1. The molecular weight excluding hydrogens is 656 g/mol. The second kappa shape index (κ2) is 14.7. The zero-order valence-electron chi connectivity index (χ0n) is 29.0. The number of methoxy groups -OCH3 is 2. The molecule has 13 heteroatoms. The third-order valence-corrected chi connectivity index (χ3v) is 10.1. The van der Waals surface area contributed by atoms with Gasteiger partial charge in [-0.05, 0) is 43.0 Å². The molecule has 4 heterocycles. The molecule has 2 aliphatic heterocycles. The maximum absolute atomic E-state index is 16.4. The number of aryl methyl sites for hydroxylation is 1. The minimum absolute atomic E-state index is 0.00118. The predicted molar refractivity (Wildman–Crippen MR) is 187 cm³/mol. The van der Waals surface area contributed by atoms with Gasteiger partial charge in [0.05, 0.1) is 31.8 Å². The molecule has 0 spiro atoms. The number of aromatic nitrogens is 3. The first kappa shape index (κ1) is 34.4. The van der Waals surface area contributed by atoms with Crippen LogP contribution in [0.2, 0.25) is 0 Å². The standard InChI is InChI=1S/C38H41F2N7O4/c1-22(48)47-16-14-46(15-17-47)21-32-37(50-2)45-31(20-42-32)28-9-5-7-26(36(28)40)25-6-4-8-27(35(25)39)30-18-23-10-12-29(34(23)38(44-30)51-3)41-19-24-11-13-33(49)43-24/h4-9,18,20,24,29,41H,10-17,19,21H2,1-3H3,(H,43,49)/t24-,29-/m0/s1. The fraction of sp³-hybridized carbons (Fsp3) is 0.395. The van der Waals surface area contributed by atoms with Crippen LogP contribution >= 0.6 is 0 Å². The van der Waals surface area contributed by atoms with Crippen molar-refractivity contribution < 1.29 is 27.8 Å². The second-order valence-electron chi connectivity index (χ2n) is 13.2. The van der Waals surface area contributed by atoms with E-state index in [2.05, 4.69) is 25.5 Å². The Labute approximate surface area is 295 Å². The molecule has 0 saturated carbocycles. The Balaban J connectivity index is 1.14. The number of benzene rings is 2. The van der Waals surface area contributed by atoms with Crippen molar-refractivity contribution in [2.45, 2.75) is 51.2 Å². The summed E-state index contributed by atoms with van der Waals surface area (Å²) in [6, 6.07) is 11.7. The highest BCUT2D eigenvalue weighted by Crippen LogP contribution is 2.41. The number of pyridine rings is 1. The van der Waals surface area contributed by atoms with E-state index in [0.29, 0.717) is 63.0 Å². The molecule has 0 bridgehead atoms. The first-order valence-corrected chi connectivity index (χ1v) is 17.3. The highest BCUT2D eigenvalue weighted by Gasteiger charge is 2.31. The molecule has 3 aliphatic rings. The third kappa shape index (κ3) is 7.00. The normalized spacial score (nSPS) is 18.8. The predicted octanol–water partition coefficient (Wildman–Crippen LogP) is 4.69. The van der Waals surface area contributed by atoms with E-state index >= 15 is 8.78 Å². The number of piperazine rings is 1. The van der Waals surface area contributed by atoms with Gasteiger partial charge in [0, 0.05) is 92.5 Å². The molecule has 2 aromatic carbocycles. The van der Waals surface area contributed by atoms with Gasteiger partial charge in [0.1, 0.15) is 17.3 Å². The number of carbonyl (C=O) groups is 2. The minimum Gasteiger partial charge on any atom is -0.481 e. The Morgan fingerprint density at radius 1 is 0.902 bits per heavy atom. The fourth-order valence-electron chi connectivity index (χ4n) is 7.33. The van der Waals surface area contributed by atoms with Crippen molar-refractivity contribution in [2.24, 2.45) is 0 Å². The molecular formula is C38H41F2N7O4. The summed E-state index contributed by atoms with van der Waals surface area (Å²) in [5.41, 5.74) is 3.79. The molecule has 2 amide bonds. The van der Waals surface area contributed by atoms with Crippen LogP contribution in [0, 0.1) is 11.6 Å². The number of fused-ring (bicyclic) bond motifs is 1. The van der Waals surface area contributed by atoms with Crippen LogP contribution in [-0.2, 0) is 22.6 Å². The van der Waals surface area contributed by atoms with Gasteiger partial charge in [-0.1, -0.05) is 24.3 Å². The van der Waals surface area contributed by atoms with Crippen molar-refractivity contribution in [1.82, 2.24) is 35.4 Å². The fourth-order valence-corrected chi connectivity index (χ4v) is 7.33. The molecule has 266 valence electrons. The molecule has 2 fully saturated rings. The van der Waals surface area contributed by atoms with E-state index in [1.165, 1.54) is 13.3 Å². The zero-order valence-corrected chi connectivity index (χ0v) is 29.0. The molecule has 2 saturated heterocycles. The van der Waals surface area contributed by atoms with E-state index in [1.807, 2.05) is 11.0 Å². The molecule has 2 aromatic heterocycles. The van der Waals surface area contributed by atoms with Crippen molar-refractivity contribution in [3.63, 3.8) is 0 Å². The SMILES string of the molecule is COc1nc(-c2cccc(-c3cccc(-c4cc5c(c(OC)n4)[C@@H](NC[C@@H]4CCC(=O)N4)CC5)c3F)c2F)cnc1CN1CCN(C(C)=O)CC1. The van der Waals surface area contributed by atoms with Crippen molar-refractivity contribution in [2.75, 3.05) is 46.9 Å². The van der Waals surface area contributed by atoms with E-state index in [0.717, 1.165) is 30.4 Å². The minimum atomic E-state index is -0.634. The lowest BCUT2D eigenvalue weighted by molar-refractivity contribution is -0.130. The summed E-state index contributed by atoms with van der Waals surface area (Å²) in [7, 11) is 3.04. The Kier molecular flexibility index (Phi) is 9.92. The van der Waals surface area contributed by atoms with E-state index in [9.17, 15) is 9.59 Å². The molecule has 7 rings (SSSR count). The molecule has 0 unspecified atom stereocenters. The summed E-state index contributed by atoms with van der Waals surface area (Å²) < 4.78 is 44.1. The summed E-state index contributed by atoms with van der Waals surface area (Å²) in [6.07, 6.45) is 4.43. The number of halogens is 2. The molecule has 4 aromatic rings. The van der Waals surface area contributed by atoms with Crippen LogP contribution in [0.1, 0.15) is 49.0 Å². The van der Waals surface area contributed by atoms with E-state index in [4.69, 9.17) is 14.5 Å². The van der Waals surface area contributed by atoms with Gasteiger partial charge in [-0.25, -0.2) is 18.7 Å². The summed E-state index contributed by atoms with van der Waals surface area (Å²) in [6.45, 7) is 5.35. The molecule has 2 N–H and O–H groups in total. The van der Waals surface area contributed by atoms with Crippen molar-refractivity contribution in [3.8, 4) is 45.4 Å². The largest absolute Gasteiger partial charge is 0.481 e. The first-order chi connectivity index (χ1) is 24.7. The van der Waals surface area contributed by atoms with Gasteiger partial charge in [-0.15, -0.1) is 0 Å². The number of ether oxygens (including phenoxy) is 2. The molecule has 0 radical (unpaired) electrons. The Bertz CT molecular complexity index is 1970. The number of nitrogens with zero attached hydrogens (tertiary/aromatic N) is 5. The van der Waals surface area contributed by atoms with E-state index in [1.54, 1.807) is 50.4 Å². The van der Waals surface area contributed by atoms with Crippen LogP contribution in [0.3, 0.4) is 0 Å². The van der Waals surface area contributed by atoms with Crippen LogP contribution in [0.4, 0.5) is 8.78 Å². The number of nitrogens with one attached hydrogen (secondary N) is 2. The average Bonchev–Trinajstić information content (AvgIpc) is 3.76. The summed E-state index contributed by atoms with van der Waals surface area (Å²) >= 11 is 0. The van der Waals surface area contributed by atoms with Crippen LogP contribution in [0.5, 0.6) is 11.8 Å². The van der Waals surface area contributed by atoms with Gasteiger partial charge in [-0.3, -0.25) is 19.5 Å². The van der Waals surface area contributed by atoms with E-state index in [-0.39, 0.29) is 57.7 Å². The Morgan fingerprint density at radius 2 is 1.55 bits per heavy atom. The number of carbonyl (C=O) groups excluding carboxylic acids is 2. The van der Waals surface area contributed by atoms with Gasteiger partial charge in [0.25, 0.3) is 0 Å². The molecule has 2 atom stereocenters. The number of hydrogen-bond acceptors (Lipinski definition) is 9. The van der Waals surface area contributed by atoms with Crippen molar-refractivity contribution in [3.05, 3.63) is 77.1 Å². The Morgan fingerprint density at radius 3 is 2.18 bits per heavy atom. The van der Waals surface area contributed by atoms with Gasteiger partial charge >= 0.3 is 0 Å².